The summed E-state index contributed by atoms with van der Waals surface area (Å²) >= 11 is 12.0. The fourth-order valence-corrected chi connectivity index (χ4v) is 3.58. The third-order valence-corrected chi connectivity index (χ3v) is 4.86. The molecule has 3 N–H and O–H groups in total. The molecule has 1 heterocycles. The van der Waals surface area contributed by atoms with E-state index >= 15 is 0 Å². The van der Waals surface area contributed by atoms with Crippen molar-refractivity contribution in [2.45, 2.75) is 18.0 Å². The minimum absolute atomic E-state index is 0.00300. The summed E-state index contributed by atoms with van der Waals surface area (Å²) in [4.78, 5) is -0.110. The number of nitrogens with one attached hydrogen (secondary N) is 1. The Labute approximate surface area is 132 Å². The molecule has 0 aliphatic heterocycles. The van der Waals surface area contributed by atoms with Crippen molar-refractivity contribution in [2.75, 3.05) is 0 Å². The monoisotopic (exact) mass is 346 g/mol. The molecular formula is C12H12Cl2N4O2S. The molecular weight excluding hydrogens is 335 g/mol. The van der Waals surface area contributed by atoms with Gasteiger partial charge in [-0.3, -0.25) is 0 Å². The number of rotatable bonds is 5. The van der Waals surface area contributed by atoms with Crippen molar-refractivity contribution in [3.8, 4) is 0 Å². The Kier molecular flexibility index (Phi) is 5.13. The number of sulfonamides is 1. The normalized spacial score (nSPS) is 11.6. The van der Waals surface area contributed by atoms with Crippen LogP contribution in [0.4, 0.5) is 0 Å². The molecule has 0 unspecified atom stereocenters. The van der Waals surface area contributed by atoms with Crippen LogP contribution in [0.1, 0.15) is 11.3 Å². The lowest BCUT2D eigenvalue weighted by molar-refractivity contribution is 0.580. The Morgan fingerprint density at radius 1 is 1.29 bits per heavy atom. The first-order valence-corrected chi connectivity index (χ1v) is 8.12. The van der Waals surface area contributed by atoms with E-state index in [0.29, 0.717) is 11.3 Å². The summed E-state index contributed by atoms with van der Waals surface area (Å²) in [7, 11) is -3.83. The maximum absolute atomic E-state index is 12.3. The van der Waals surface area contributed by atoms with E-state index < -0.39 is 10.0 Å². The predicted molar refractivity (Wildman–Crippen MR) is 80.4 cm³/mol. The van der Waals surface area contributed by atoms with Gasteiger partial charge in [0, 0.05) is 17.8 Å². The van der Waals surface area contributed by atoms with Crippen LogP contribution in [0, 0.1) is 0 Å². The number of benzene rings is 1. The zero-order valence-electron chi connectivity index (χ0n) is 10.8. The highest BCUT2D eigenvalue weighted by Crippen LogP contribution is 2.29. The lowest BCUT2D eigenvalue weighted by Gasteiger charge is -2.11. The van der Waals surface area contributed by atoms with Gasteiger partial charge in [0.25, 0.3) is 0 Å². The topological polar surface area (TPSA) is 98.0 Å². The maximum Gasteiger partial charge on any atom is 0.242 e. The summed E-state index contributed by atoms with van der Waals surface area (Å²) < 4.78 is 27.0. The third kappa shape index (κ3) is 3.90. The van der Waals surface area contributed by atoms with Crippen molar-refractivity contribution in [3.63, 3.8) is 0 Å². The van der Waals surface area contributed by atoms with Gasteiger partial charge in [0.1, 0.15) is 4.90 Å². The van der Waals surface area contributed by atoms with Gasteiger partial charge in [-0.15, -0.1) is 0 Å². The largest absolute Gasteiger partial charge is 0.326 e. The van der Waals surface area contributed by atoms with Crippen LogP contribution in [0.2, 0.25) is 10.0 Å². The molecule has 0 aliphatic carbocycles. The zero-order valence-corrected chi connectivity index (χ0v) is 13.1. The number of hydrogen-bond donors (Lipinski definition) is 2. The van der Waals surface area contributed by atoms with Crippen molar-refractivity contribution in [1.29, 1.82) is 0 Å². The second-order valence-electron chi connectivity index (χ2n) is 4.12. The molecule has 0 spiro atoms. The molecule has 0 bridgehead atoms. The number of halogens is 2. The van der Waals surface area contributed by atoms with E-state index in [1.807, 2.05) is 0 Å². The molecule has 6 nitrogen and oxygen atoms in total. The average molecular weight is 347 g/mol. The number of hydrogen-bond acceptors (Lipinski definition) is 5. The molecule has 0 amide bonds. The van der Waals surface area contributed by atoms with Gasteiger partial charge in [0.2, 0.25) is 10.0 Å². The smallest absolute Gasteiger partial charge is 0.242 e. The first-order chi connectivity index (χ1) is 9.94. The Balaban J connectivity index is 2.30. The van der Waals surface area contributed by atoms with Crippen molar-refractivity contribution in [1.82, 2.24) is 14.9 Å². The van der Waals surface area contributed by atoms with E-state index in [1.54, 1.807) is 12.1 Å². The van der Waals surface area contributed by atoms with Gasteiger partial charge in [-0.2, -0.15) is 10.2 Å². The van der Waals surface area contributed by atoms with Crippen LogP contribution in [-0.2, 0) is 23.1 Å². The number of nitrogens with two attached hydrogens (primary N) is 1. The first kappa shape index (κ1) is 16.1. The predicted octanol–water partition coefficient (Wildman–Crippen LogP) is 1.72. The van der Waals surface area contributed by atoms with Crippen molar-refractivity contribution >= 4 is 33.2 Å². The molecule has 0 saturated carbocycles. The minimum Gasteiger partial charge on any atom is -0.326 e. The van der Waals surface area contributed by atoms with Crippen LogP contribution in [0.25, 0.3) is 0 Å². The van der Waals surface area contributed by atoms with Crippen LogP contribution >= 0.6 is 23.2 Å². The van der Waals surface area contributed by atoms with E-state index in [2.05, 4.69) is 14.9 Å². The molecule has 0 fully saturated rings. The highest BCUT2D eigenvalue weighted by atomic mass is 35.5. The summed E-state index contributed by atoms with van der Waals surface area (Å²) in [6, 6.07) is 6.13. The quantitative estimate of drug-likeness (QED) is 0.858. The van der Waals surface area contributed by atoms with Crippen LogP contribution in [0.5, 0.6) is 0 Å². The standard InChI is InChI=1S/C12H12Cl2N4O2S/c13-9-4-8(6-15)12(14)11(5-9)21(19,20)17-7-10-2-1-3-16-18-10/h1-5,17H,6-7,15H2. The molecule has 0 aliphatic rings. The molecule has 0 radical (unpaired) electrons. The molecule has 0 atom stereocenters. The average Bonchev–Trinajstić information content (AvgIpc) is 2.48. The second kappa shape index (κ2) is 6.67. The minimum atomic E-state index is -3.83. The fourth-order valence-electron chi connectivity index (χ4n) is 1.64. The first-order valence-electron chi connectivity index (χ1n) is 5.88. The highest BCUT2D eigenvalue weighted by Gasteiger charge is 2.20. The van der Waals surface area contributed by atoms with E-state index in [4.69, 9.17) is 28.9 Å². The maximum atomic E-state index is 12.3. The van der Waals surface area contributed by atoms with E-state index in [0.717, 1.165) is 0 Å². The molecule has 21 heavy (non-hydrogen) atoms. The SMILES string of the molecule is NCc1cc(Cl)cc(S(=O)(=O)NCc2cccnn2)c1Cl. The van der Waals surface area contributed by atoms with Gasteiger partial charge in [0.15, 0.2) is 0 Å². The Hall–Kier alpha value is -1.25. The van der Waals surface area contributed by atoms with Gasteiger partial charge in [-0.25, -0.2) is 13.1 Å². The number of aromatic nitrogens is 2. The second-order valence-corrected chi connectivity index (χ2v) is 6.67. The van der Waals surface area contributed by atoms with Gasteiger partial charge in [0.05, 0.1) is 17.3 Å². The number of nitrogens with zero attached hydrogens (tertiary/aromatic N) is 2. The zero-order chi connectivity index (χ0) is 15.5. The van der Waals surface area contributed by atoms with Crippen molar-refractivity contribution < 1.29 is 8.42 Å². The van der Waals surface area contributed by atoms with Crippen LogP contribution in [-0.4, -0.2) is 18.6 Å². The lowest BCUT2D eigenvalue weighted by Crippen LogP contribution is -2.24. The fraction of sp³-hybridized carbons (Fsp3) is 0.167. The van der Waals surface area contributed by atoms with E-state index in [1.165, 1.54) is 18.3 Å². The van der Waals surface area contributed by atoms with Crippen LogP contribution in [0.3, 0.4) is 0 Å². The molecule has 1 aromatic carbocycles. The highest BCUT2D eigenvalue weighted by molar-refractivity contribution is 7.89. The molecule has 112 valence electrons. The summed E-state index contributed by atoms with van der Waals surface area (Å²) in [5.74, 6) is 0. The Bertz CT molecular complexity index is 738. The summed E-state index contributed by atoms with van der Waals surface area (Å²) in [5.41, 5.74) is 6.47. The van der Waals surface area contributed by atoms with Crippen LogP contribution < -0.4 is 10.5 Å². The molecule has 2 aromatic rings. The lowest BCUT2D eigenvalue weighted by atomic mass is 10.2. The summed E-state index contributed by atoms with van der Waals surface area (Å²) in [6.07, 6.45) is 1.50. The third-order valence-electron chi connectivity index (χ3n) is 2.66. The van der Waals surface area contributed by atoms with Crippen molar-refractivity contribution in [3.05, 3.63) is 51.8 Å². The Morgan fingerprint density at radius 3 is 2.67 bits per heavy atom. The summed E-state index contributed by atoms with van der Waals surface area (Å²) in [6.45, 7) is 0.0864. The molecule has 1 aromatic heterocycles. The van der Waals surface area contributed by atoms with Gasteiger partial charge in [-0.1, -0.05) is 23.2 Å². The van der Waals surface area contributed by atoms with Crippen molar-refractivity contribution in [2.24, 2.45) is 5.73 Å². The molecule has 0 saturated heterocycles. The van der Waals surface area contributed by atoms with E-state index in [9.17, 15) is 8.42 Å². The van der Waals surface area contributed by atoms with Gasteiger partial charge >= 0.3 is 0 Å². The molecule has 2 rings (SSSR count). The summed E-state index contributed by atoms with van der Waals surface area (Å²) in [5, 5.41) is 7.78. The Morgan fingerprint density at radius 2 is 2.05 bits per heavy atom. The molecule has 9 heteroatoms. The van der Waals surface area contributed by atoms with E-state index in [-0.39, 0.29) is 28.0 Å². The van der Waals surface area contributed by atoms with Gasteiger partial charge in [-0.05, 0) is 29.8 Å². The van der Waals surface area contributed by atoms with Gasteiger partial charge < -0.3 is 5.73 Å². The van der Waals surface area contributed by atoms with Crippen LogP contribution in [0.15, 0.2) is 35.4 Å².